The molecule has 3 nitrogen and oxygen atoms in total. The van der Waals surface area contributed by atoms with Gasteiger partial charge in [-0.3, -0.25) is 4.79 Å². The molecular weight excluding hydrogens is 320 g/mol. The molecule has 0 atom stereocenters. The van der Waals surface area contributed by atoms with Crippen LogP contribution in [0.5, 0.6) is 0 Å². The van der Waals surface area contributed by atoms with Gasteiger partial charge in [0.25, 0.3) is 5.91 Å². The molecule has 1 aliphatic rings. The zero-order chi connectivity index (χ0) is 17.5. The Morgan fingerprint density at radius 2 is 1.54 bits per heavy atom. The average molecular weight is 338 g/mol. The first-order valence-corrected chi connectivity index (χ1v) is 8.89. The summed E-state index contributed by atoms with van der Waals surface area (Å²) in [4.78, 5) is 15.9. The first-order chi connectivity index (χ1) is 12.8. The van der Waals surface area contributed by atoms with Gasteiger partial charge in [-0.25, -0.2) is 0 Å². The average Bonchev–Trinajstić information content (AvgIpc) is 2.98. The molecule has 1 amide bonds. The molecule has 126 valence electrons. The molecule has 0 fully saturated rings. The van der Waals surface area contributed by atoms with Gasteiger partial charge in [-0.2, -0.15) is 0 Å². The van der Waals surface area contributed by atoms with E-state index >= 15 is 0 Å². The van der Waals surface area contributed by atoms with Gasteiger partial charge >= 0.3 is 0 Å². The highest BCUT2D eigenvalue weighted by Crippen LogP contribution is 2.35. The van der Waals surface area contributed by atoms with E-state index in [4.69, 9.17) is 0 Å². The lowest BCUT2D eigenvalue weighted by atomic mass is 9.97. The number of carbonyl (C=O) groups is 1. The van der Waals surface area contributed by atoms with Crippen LogP contribution in [0.3, 0.4) is 0 Å². The lowest BCUT2D eigenvalue weighted by molar-refractivity contribution is 0.0957. The molecule has 2 N–H and O–H groups in total. The van der Waals surface area contributed by atoms with E-state index in [1.807, 2.05) is 24.3 Å². The van der Waals surface area contributed by atoms with Crippen LogP contribution in [0.25, 0.3) is 33.3 Å². The highest BCUT2D eigenvalue weighted by atomic mass is 16.1. The van der Waals surface area contributed by atoms with Crippen LogP contribution in [0.2, 0.25) is 0 Å². The molecule has 26 heavy (non-hydrogen) atoms. The van der Waals surface area contributed by atoms with E-state index in [1.165, 1.54) is 16.7 Å². The molecule has 4 aromatic rings. The second-order valence-corrected chi connectivity index (χ2v) is 6.66. The van der Waals surface area contributed by atoms with Gasteiger partial charge in [0, 0.05) is 28.7 Å². The van der Waals surface area contributed by atoms with Crippen LogP contribution in [0.1, 0.15) is 15.9 Å². The van der Waals surface area contributed by atoms with Crippen LogP contribution in [-0.4, -0.2) is 17.4 Å². The Kier molecular flexibility index (Phi) is 3.39. The molecular formula is C23H18N2O. The van der Waals surface area contributed by atoms with Gasteiger partial charge in [0.15, 0.2) is 0 Å². The molecule has 0 unspecified atom stereocenters. The number of aromatic amines is 1. The lowest BCUT2D eigenvalue weighted by Crippen LogP contribution is -2.23. The number of hydrogen-bond acceptors (Lipinski definition) is 1. The highest BCUT2D eigenvalue weighted by molar-refractivity contribution is 6.10. The van der Waals surface area contributed by atoms with Gasteiger partial charge in [0.2, 0.25) is 0 Å². The van der Waals surface area contributed by atoms with Crippen molar-refractivity contribution in [1.82, 2.24) is 10.3 Å². The Balaban J connectivity index is 1.72. The maximum absolute atomic E-state index is 12.4. The van der Waals surface area contributed by atoms with Crippen molar-refractivity contribution in [3.8, 4) is 22.4 Å². The minimum atomic E-state index is 0.0120. The molecule has 2 heterocycles. The zero-order valence-corrected chi connectivity index (χ0v) is 14.3. The summed E-state index contributed by atoms with van der Waals surface area (Å²) in [5, 5.41) is 4.06. The number of amides is 1. The van der Waals surface area contributed by atoms with Crippen LogP contribution < -0.4 is 5.32 Å². The number of hydrogen-bond donors (Lipinski definition) is 2. The third-order valence-corrected chi connectivity index (χ3v) is 5.09. The minimum Gasteiger partial charge on any atom is -0.354 e. The molecule has 0 radical (unpaired) electrons. The molecule has 0 bridgehead atoms. The van der Waals surface area contributed by atoms with Gasteiger partial charge in [0.05, 0.1) is 0 Å². The number of benzene rings is 3. The number of nitrogens with one attached hydrogen (secondary N) is 2. The predicted molar refractivity (Wildman–Crippen MR) is 105 cm³/mol. The highest BCUT2D eigenvalue weighted by Gasteiger charge is 2.22. The number of H-pyrrole nitrogens is 1. The largest absolute Gasteiger partial charge is 0.354 e. The molecule has 0 saturated carbocycles. The molecule has 0 saturated heterocycles. The topological polar surface area (TPSA) is 44.9 Å². The fraction of sp³-hybridized carbons (Fsp3) is 0.0870. The molecule has 3 aromatic carbocycles. The van der Waals surface area contributed by atoms with E-state index in [0.717, 1.165) is 34.1 Å². The Bertz CT molecular complexity index is 1130. The second kappa shape index (κ2) is 5.88. The van der Waals surface area contributed by atoms with Crippen LogP contribution in [-0.2, 0) is 6.42 Å². The van der Waals surface area contributed by atoms with Crippen molar-refractivity contribution in [2.24, 2.45) is 0 Å². The standard InChI is InChI=1S/C23H18N2O/c26-23-19-10-5-11-20-21(19)18(12-13-24-23)22(25-20)17-9-4-8-16(14-17)15-6-2-1-3-7-15/h1-11,14,25H,12-13H2,(H,24,26). The summed E-state index contributed by atoms with van der Waals surface area (Å²) in [5.74, 6) is 0.0120. The fourth-order valence-corrected chi connectivity index (χ4v) is 3.88. The monoisotopic (exact) mass is 338 g/mol. The molecule has 5 rings (SSSR count). The Morgan fingerprint density at radius 3 is 2.42 bits per heavy atom. The van der Waals surface area contributed by atoms with Crippen molar-refractivity contribution in [2.75, 3.05) is 6.54 Å². The molecule has 0 spiro atoms. The van der Waals surface area contributed by atoms with E-state index in [2.05, 4.69) is 58.8 Å². The first kappa shape index (κ1) is 15.0. The summed E-state index contributed by atoms with van der Waals surface area (Å²) in [7, 11) is 0. The van der Waals surface area contributed by atoms with Crippen molar-refractivity contribution in [2.45, 2.75) is 6.42 Å². The van der Waals surface area contributed by atoms with Crippen LogP contribution >= 0.6 is 0 Å². The van der Waals surface area contributed by atoms with E-state index in [-0.39, 0.29) is 5.91 Å². The van der Waals surface area contributed by atoms with E-state index < -0.39 is 0 Å². The van der Waals surface area contributed by atoms with Gasteiger partial charge in [-0.1, -0.05) is 54.6 Å². The molecule has 0 aliphatic carbocycles. The SMILES string of the molecule is O=C1NCCc2c(-c3cccc(-c4ccccc4)c3)[nH]c3cccc1c23. The lowest BCUT2D eigenvalue weighted by Gasteiger charge is -2.07. The first-order valence-electron chi connectivity index (χ1n) is 8.89. The normalized spacial score (nSPS) is 13.5. The van der Waals surface area contributed by atoms with Gasteiger partial charge in [0.1, 0.15) is 0 Å². The summed E-state index contributed by atoms with van der Waals surface area (Å²) in [6, 6.07) is 24.9. The van der Waals surface area contributed by atoms with Gasteiger partial charge in [-0.15, -0.1) is 0 Å². The minimum absolute atomic E-state index is 0.0120. The number of carbonyl (C=O) groups excluding carboxylic acids is 1. The summed E-state index contributed by atoms with van der Waals surface area (Å²) in [6.45, 7) is 0.659. The second-order valence-electron chi connectivity index (χ2n) is 6.66. The fourth-order valence-electron chi connectivity index (χ4n) is 3.88. The van der Waals surface area contributed by atoms with Crippen molar-refractivity contribution in [3.05, 3.63) is 83.9 Å². The van der Waals surface area contributed by atoms with Crippen molar-refractivity contribution in [3.63, 3.8) is 0 Å². The summed E-state index contributed by atoms with van der Waals surface area (Å²) in [6.07, 6.45) is 0.827. The van der Waals surface area contributed by atoms with Crippen LogP contribution in [0.4, 0.5) is 0 Å². The molecule has 3 heteroatoms. The third-order valence-electron chi connectivity index (χ3n) is 5.09. The number of aromatic nitrogens is 1. The quantitative estimate of drug-likeness (QED) is 0.542. The van der Waals surface area contributed by atoms with Crippen LogP contribution in [0, 0.1) is 0 Å². The van der Waals surface area contributed by atoms with E-state index in [9.17, 15) is 4.79 Å². The van der Waals surface area contributed by atoms with E-state index in [1.54, 1.807) is 0 Å². The Labute approximate surface area is 151 Å². The Morgan fingerprint density at radius 1 is 0.769 bits per heavy atom. The summed E-state index contributed by atoms with van der Waals surface area (Å²) in [5.41, 5.74) is 7.66. The smallest absolute Gasteiger partial charge is 0.251 e. The third kappa shape index (κ3) is 2.32. The van der Waals surface area contributed by atoms with Gasteiger partial charge < -0.3 is 10.3 Å². The summed E-state index contributed by atoms with van der Waals surface area (Å²) < 4.78 is 0. The van der Waals surface area contributed by atoms with Crippen molar-refractivity contribution in [1.29, 1.82) is 0 Å². The van der Waals surface area contributed by atoms with Crippen LogP contribution in [0.15, 0.2) is 72.8 Å². The zero-order valence-electron chi connectivity index (χ0n) is 14.3. The van der Waals surface area contributed by atoms with Crippen molar-refractivity contribution >= 4 is 16.8 Å². The van der Waals surface area contributed by atoms with Crippen molar-refractivity contribution < 1.29 is 4.79 Å². The maximum atomic E-state index is 12.4. The molecule has 1 aromatic heterocycles. The Hall–Kier alpha value is -3.33. The predicted octanol–water partition coefficient (Wildman–Crippen LogP) is 4.79. The van der Waals surface area contributed by atoms with E-state index in [0.29, 0.717) is 6.54 Å². The van der Waals surface area contributed by atoms with Gasteiger partial charge in [-0.05, 0) is 46.9 Å². The maximum Gasteiger partial charge on any atom is 0.251 e. The number of rotatable bonds is 2. The molecule has 1 aliphatic heterocycles. The summed E-state index contributed by atoms with van der Waals surface area (Å²) >= 11 is 0.